The summed E-state index contributed by atoms with van der Waals surface area (Å²) in [5.74, 6) is -0.395. The molecule has 1 unspecified atom stereocenters. The van der Waals surface area contributed by atoms with Gasteiger partial charge in [-0.3, -0.25) is 4.79 Å². The lowest BCUT2D eigenvalue weighted by Gasteiger charge is -2.09. The molecule has 1 aromatic rings. The molecule has 0 spiro atoms. The fraction of sp³-hybridized carbons (Fsp3) is 0.417. The van der Waals surface area contributed by atoms with Crippen molar-refractivity contribution in [2.45, 2.75) is 25.9 Å². The Morgan fingerprint density at radius 3 is 2.88 bits per heavy atom. The topological polar surface area (TPSA) is 69.6 Å². The zero-order valence-electron chi connectivity index (χ0n) is 9.61. The van der Waals surface area contributed by atoms with Gasteiger partial charge in [0.1, 0.15) is 5.75 Å². The Morgan fingerprint density at radius 2 is 2.24 bits per heavy atom. The number of aromatic hydroxyl groups is 1. The fourth-order valence-electron chi connectivity index (χ4n) is 1.34. The van der Waals surface area contributed by atoms with Crippen molar-refractivity contribution in [1.82, 2.24) is 5.32 Å². The van der Waals surface area contributed by atoms with E-state index in [1.54, 1.807) is 12.1 Å². The summed E-state index contributed by atoms with van der Waals surface area (Å²) >= 11 is 3.24. The van der Waals surface area contributed by atoms with E-state index in [-0.39, 0.29) is 17.2 Å². The second-order valence-electron chi connectivity index (χ2n) is 3.77. The van der Waals surface area contributed by atoms with Crippen LogP contribution in [0.4, 0.5) is 0 Å². The molecule has 5 heteroatoms. The highest BCUT2D eigenvalue weighted by atomic mass is 79.9. The van der Waals surface area contributed by atoms with Gasteiger partial charge in [-0.25, -0.2) is 0 Å². The van der Waals surface area contributed by atoms with Crippen LogP contribution in [0.25, 0.3) is 0 Å². The molecule has 0 aliphatic carbocycles. The third kappa shape index (κ3) is 4.36. The summed E-state index contributed by atoms with van der Waals surface area (Å²) in [5, 5.41) is 21.5. The van der Waals surface area contributed by atoms with E-state index in [2.05, 4.69) is 21.2 Å². The summed E-state index contributed by atoms with van der Waals surface area (Å²) in [4.78, 5) is 11.7. The van der Waals surface area contributed by atoms with E-state index in [1.807, 2.05) is 6.92 Å². The van der Waals surface area contributed by atoms with Crippen molar-refractivity contribution in [1.29, 1.82) is 0 Å². The quantitative estimate of drug-likeness (QED) is 0.779. The van der Waals surface area contributed by atoms with E-state index in [4.69, 9.17) is 0 Å². The summed E-state index contributed by atoms with van der Waals surface area (Å²) in [7, 11) is 0. The highest BCUT2D eigenvalue weighted by molar-refractivity contribution is 9.10. The van der Waals surface area contributed by atoms with Crippen molar-refractivity contribution in [3.05, 3.63) is 28.2 Å². The number of nitrogens with one attached hydrogen (secondary N) is 1. The number of hydrogen-bond acceptors (Lipinski definition) is 3. The van der Waals surface area contributed by atoms with E-state index in [0.717, 1.165) is 4.47 Å². The van der Waals surface area contributed by atoms with Crippen LogP contribution in [0.5, 0.6) is 5.75 Å². The summed E-state index contributed by atoms with van der Waals surface area (Å²) in [6, 6.07) is 4.67. The molecule has 1 amide bonds. The summed E-state index contributed by atoms with van der Waals surface area (Å²) in [6.07, 6.45) is 0.779. The molecule has 3 N–H and O–H groups in total. The third-order valence-electron chi connectivity index (χ3n) is 2.44. The van der Waals surface area contributed by atoms with E-state index in [0.29, 0.717) is 19.4 Å². The van der Waals surface area contributed by atoms with Crippen LogP contribution >= 0.6 is 15.9 Å². The number of phenolic OH excluding ortho intramolecular Hbond substituents is 1. The predicted molar refractivity (Wildman–Crippen MR) is 69.1 cm³/mol. The number of carbonyl (C=O) groups excluding carboxylic acids is 1. The lowest BCUT2D eigenvalue weighted by atomic mass is 10.1. The van der Waals surface area contributed by atoms with Gasteiger partial charge in [0.25, 0.3) is 5.91 Å². The van der Waals surface area contributed by atoms with Crippen LogP contribution in [0.1, 0.15) is 30.1 Å². The van der Waals surface area contributed by atoms with Crippen LogP contribution in [-0.2, 0) is 0 Å². The molecule has 0 bridgehead atoms. The summed E-state index contributed by atoms with van der Waals surface area (Å²) < 4.78 is 0.731. The van der Waals surface area contributed by atoms with Crippen molar-refractivity contribution >= 4 is 21.8 Å². The molecule has 94 valence electrons. The van der Waals surface area contributed by atoms with Crippen LogP contribution in [0.3, 0.4) is 0 Å². The van der Waals surface area contributed by atoms with Crippen LogP contribution < -0.4 is 5.32 Å². The SMILES string of the molecule is CCC(O)CCNC(=O)c1cc(Br)ccc1O. The van der Waals surface area contributed by atoms with Gasteiger partial charge >= 0.3 is 0 Å². The normalized spacial score (nSPS) is 12.2. The molecule has 0 fully saturated rings. The number of halogens is 1. The molecule has 0 aromatic heterocycles. The number of amides is 1. The standard InChI is InChI=1S/C12H16BrNO3/c1-2-9(15)5-6-14-12(17)10-7-8(13)3-4-11(10)16/h3-4,7,9,15-16H,2,5-6H2,1H3,(H,14,17). The average molecular weight is 302 g/mol. The number of hydrogen-bond donors (Lipinski definition) is 3. The zero-order valence-corrected chi connectivity index (χ0v) is 11.2. The molecule has 0 aliphatic rings. The van der Waals surface area contributed by atoms with E-state index in [1.165, 1.54) is 6.07 Å². The maximum absolute atomic E-state index is 11.7. The summed E-state index contributed by atoms with van der Waals surface area (Å²) in [6.45, 7) is 2.27. The van der Waals surface area contributed by atoms with Crippen LogP contribution in [0.2, 0.25) is 0 Å². The highest BCUT2D eigenvalue weighted by Gasteiger charge is 2.11. The largest absolute Gasteiger partial charge is 0.507 e. The predicted octanol–water partition coefficient (Wildman–Crippen LogP) is 2.05. The monoisotopic (exact) mass is 301 g/mol. The molecule has 0 saturated heterocycles. The number of benzene rings is 1. The Balaban J connectivity index is 2.55. The Bertz CT molecular complexity index is 395. The minimum absolute atomic E-state index is 0.0539. The molecule has 1 rings (SSSR count). The van der Waals surface area contributed by atoms with E-state index in [9.17, 15) is 15.0 Å². The smallest absolute Gasteiger partial charge is 0.255 e. The second-order valence-corrected chi connectivity index (χ2v) is 4.68. The number of phenols is 1. The van der Waals surface area contributed by atoms with Gasteiger partial charge in [-0.2, -0.15) is 0 Å². The van der Waals surface area contributed by atoms with Gasteiger partial charge < -0.3 is 15.5 Å². The maximum atomic E-state index is 11.7. The first kappa shape index (κ1) is 14.0. The van der Waals surface area contributed by atoms with Gasteiger partial charge in [0.2, 0.25) is 0 Å². The molecule has 1 aromatic carbocycles. The molecule has 0 saturated carbocycles. The number of rotatable bonds is 5. The highest BCUT2D eigenvalue weighted by Crippen LogP contribution is 2.21. The Hall–Kier alpha value is -1.07. The molecule has 1 atom stereocenters. The van der Waals surface area contributed by atoms with Gasteiger partial charge in [-0.15, -0.1) is 0 Å². The van der Waals surface area contributed by atoms with Gasteiger partial charge in [-0.05, 0) is 31.0 Å². The lowest BCUT2D eigenvalue weighted by molar-refractivity contribution is 0.0939. The number of carbonyl (C=O) groups is 1. The molecular formula is C12H16BrNO3. The first-order chi connectivity index (χ1) is 8.04. The average Bonchev–Trinajstić information content (AvgIpc) is 2.31. The van der Waals surface area contributed by atoms with Crippen molar-refractivity contribution in [3.8, 4) is 5.75 Å². The molecule has 4 nitrogen and oxygen atoms in total. The van der Waals surface area contributed by atoms with Crippen molar-refractivity contribution in [2.75, 3.05) is 6.54 Å². The van der Waals surface area contributed by atoms with Crippen LogP contribution in [-0.4, -0.2) is 28.8 Å². The van der Waals surface area contributed by atoms with Gasteiger partial charge in [0, 0.05) is 11.0 Å². The first-order valence-electron chi connectivity index (χ1n) is 5.49. The Labute approximate surface area is 109 Å². The summed E-state index contributed by atoms with van der Waals surface area (Å²) in [5.41, 5.74) is 0.227. The van der Waals surface area contributed by atoms with Crippen LogP contribution in [0.15, 0.2) is 22.7 Å². The lowest BCUT2D eigenvalue weighted by Crippen LogP contribution is -2.27. The van der Waals surface area contributed by atoms with Gasteiger partial charge in [0.15, 0.2) is 0 Å². The number of aliphatic hydroxyl groups excluding tert-OH is 1. The fourth-order valence-corrected chi connectivity index (χ4v) is 1.70. The molecule has 0 heterocycles. The van der Waals surface area contributed by atoms with E-state index < -0.39 is 6.10 Å². The number of aliphatic hydroxyl groups is 1. The van der Waals surface area contributed by atoms with Crippen molar-refractivity contribution in [2.24, 2.45) is 0 Å². The van der Waals surface area contributed by atoms with Crippen LogP contribution in [0, 0.1) is 0 Å². The molecule has 17 heavy (non-hydrogen) atoms. The van der Waals surface area contributed by atoms with E-state index >= 15 is 0 Å². The van der Waals surface area contributed by atoms with Gasteiger partial charge in [-0.1, -0.05) is 22.9 Å². The van der Waals surface area contributed by atoms with Crippen molar-refractivity contribution < 1.29 is 15.0 Å². The molecule has 0 radical (unpaired) electrons. The second kappa shape index (κ2) is 6.61. The minimum Gasteiger partial charge on any atom is -0.507 e. The Morgan fingerprint density at radius 1 is 1.53 bits per heavy atom. The maximum Gasteiger partial charge on any atom is 0.255 e. The molecular weight excluding hydrogens is 286 g/mol. The van der Waals surface area contributed by atoms with Crippen molar-refractivity contribution in [3.63, 3.8) is 0 Å². The third-order valence-corrected chi connectivity index (χ3v) is 2.93. The zero-order chi connectivity index (χ0) is 12.8. The first-order valence-corrected chi connectivity index (χ1v) is 6.28. The van der Waals surface area contributed by atoms with Gasteiger partial charge in [0.05, 0.1) is 11.7 Å². The Kier molecular flexibility index (Phi) is 5.44. The minimum atomic E-state index is -0.397. The molecule has 0 aliphatic heterocycles.